The molecule has 0 spiro atoms. The summed E-state index contributed by atoms with van der Waals surface area (Å²) in [6, 6.07) is 19.5. The molecule has 1 N–H and O–H groups in total. The van der Waals surface area contributed by atoms with Gasteiger partial charge in [0.05, 0.1) is 23.2 Å². The van der Waals surface area contributed by atoms with Gasteiger partial charge in [-0.05, 0) is 23.8 Å². The Morgan fingerprint density at radius 3 is 2.50 bits per heavy atom. The summed E-state index contributed by atoms with van der Waals surface area (Å²) in [6.07, 6.45) is 0. The minimum atomic E-state index is -0.244. The van der Waals surface area contributed by atoms with Gasteiger partial charge in [0.2, 0.25) is 0 Å². The third-order valence-electron chi connectivity index (χ3n) is 2.96. The molecule has 2 aromatic rings. The molecule has 0 aliphatic rings. The lowest BCUT2D eigenvalue weighted by atomic mass is 10.0. The first-order chi connectivity index (χ1) is 9.74. The van der Waals surface area contributed by atoms with E-state index in [4.69, 9.17) is 5.26 Å². The zero-order chi connectivity index (χ0) is 14.4. The van der Waals surface area contributed by atoms with E-state index in [9.17, 15) is 5.26 Å². The molecule has 98 valence electrons. The maximum Gasteiger partial charge on any atom is 0.101 e. The first-order valence-corrected chi connectivity index (χ1v) is 6.92. The largest absolute Gasteiger partial charge is 0.382 e. The Bertz CT molecular complexity index is 668. The third-order valence-corrected chi connectivity index (χ3v) is 3.45. The van der Waals surface area contributed by atoms with Gasteiger partial charge in [-0.25, -0.2) is 0 Å². The van der Waals surface area contributed by atoms with Crippen molar-refractivity contribution in [3.8, 4) is 12.1 Å². The van der Waals surface area contributed by atoms with Gasteiger partial charge in [-0.1, -0.05) is 46.3 Å². The smallest absolute Gasteiger partial charge is 0.101 e. The second-order valence-corrected chi connectivity index (χ2v) is 5.19. The van der Waals surface area contributed by atoms with Crippen molar-refractivity contribution in [2.75, 3.05) is 11.9 Å². The Morgan fingerprint density at radius 2 is 1.85 bits per heavy atom. The standard InChI is InChI=1S/C16H12BrN3/c17-15-6-7-16(13(8-15)9-18)20-11-14(10-19)12-4-2-1-3-5-12/h1-8,14,20H,11H2. The van der Waals surface area contributed by atoms with Crippen molar-refractivity contribution in [1.29, 1.82) is 10.5 Å². The van der Waals surface area contributed by atoms with Crippen LogP contribution < -0.4 is 5.32 Å². The van der Waals surface area contributed by atoms with E-state index in [0.717, 1.165) is 15.7 Å². The quantitative estimate of drug-likeness (QED) is 0.922. The lowest BCUT2D eigenvalue weighted by molar-refractivity contribution is 0.900. The molecule has 0 saturated carbocycles. The summed E-state index contributed by atoms with van der Waals surface area (Å²) >= 11 is 3.34. The van der Waals surface area contributed by atoms with Crippen molar-refractivity contribution in [2.24, 2.45) is 0 Å². The van der Waals surface area contributed by atoms with Gasteiger partial charge in [-0.3, -0.25) is 0 Å². The van der Waals surface area contributed by atoms with Gasteiger partial charge in [0.25, 0.3) is 0 Å². The molecule has 0 amide bonds. The zero-order valence-corrected chi connectivity index (χ0v) is 12.3. The summed E-state index contributed by atoms with van der Waals surface area (Å²) in [5.41, 5.74) is 2.27. The SMILES string of the molecule is N#Cc1cc(Br)ccc1NCC(C#N)c1ccccc1. The first-order valence-electron chi connectivity index (χ1n) is 6.12. The van der Waals surface area contributed by atoms with E-state index in [2.05, 4.69) is 33.4 Å². The highest BCUT2D eigenvalue weighted by Gasteiger charge is 2.11. The molecule has 3 nitrogen and oxygen atoms in total. The summed E-state index contributed by atoms with van der Waals surface area (Å²) in [5, 5.41) is 21.5. The van der Waals surface area contributed by atoms with E-state index in [1.807, 2.05) is 42.5 Å². The van der Waals surface area contributed by atoms with Gasteiger partial charge in [-0.2, -0.15) is 10.5 Å². The van der Waals surface area contributed by atoms with Crippen LogP contribution in [0.25, 0.3) is 0 Å². The summed E-state index contributed by atoms with van der Waals surface area (Å²) in [5.74, 6) is -0.244. The molecule has 0 aliphatic heterocycles. The van der Waals surface area contributed by atoms with Crippen molar-refractivity contribution in [2.45, 2.75) is 5.92 Å². The van der Waals surface area contributed by atoms with Gasteiger partial charge >= 0.3 is 0 Å². The summed E-state index contributed by atoms with van der Waals surface area (Å²) in [7, 11) is 0. The van der Waals surface area contributed by atoms with Crippen LogP contribution in [-0.4, -0.2) is 6.54 Å². The van der Waals surface area contributed by atoms with Gasteiger partial charge in [0.15, 0.2) is 0 Å². The predicted molar refractivity (Wildman–Crippen MR) is 82.1 cm³/mol. The van der Waals surface area contributed by atoms with Crippen LogP contribution >= 0.6 is 15.9 Å². The first kappa shape index (κ1) is 14.1. The topological polar surface area (TPSA) is 59.6 Å². The second-order valence-electron chi connectivity index (χ2n) is 4.27. The molecule has 20 heavy (non-hydrogen) atoms. The number of nitrogens with zero attached hydrogens (tertiary/aromatic N) is 2. The molecule has 0 heterocycles. The van der Waals surface area contributed by atoms with E-state index >= 15 is 0 Å². The fraction of sp³-hybridized carbons (Fsp3) is 0.125. The fourth-order valence-corrected chi connectivity index (χ4v) is 2.26. The lowest BCUT2D eigenvalue weighted by Crippen LogP contribution is -2.12. The number of hydrogen-bond donors (Lipinski definition) is 1. The normalized spacial score (nSPS) is 11.2. The maximum absolute atomic E-state index is 9.27. The molecule has 0 aliphatic carbocycles. The van der Waals surface area contributed by atoms with Crippen LogP contribution in [0.2, 0.25) is 0 Å². The van der Waals surface area contributed by atoms with Crippen LogP contribution in [0, 0.1) is 22.7 Å². The number of nitriles is 2. The number of benzene rings is 2. The minimum Gasteiger partial charge on any atom is -0.382 e. The molecule has 4 heteroatoms. The van der Waals surface area contributed by atoms with E-state index in [0.29, 0.717) is 12.1 Å². The second kappa shape index (κ2) is 6.75. The van der Waals surface area contributed by atoms with E-state index in [1.54, 1.807) is 6.07 Å². The van der Waals surface area contributed by atoms with Crippen LogP contribution in [0.15, 0.2) is 53.0 Å². The number of rotatable bonds is 4. The highest BCUT2D eigenvalue weighted by molar-refractivity contribution is 9.10. The van der Waals surface area contributed by atoms with E-state index < -0.39 is 0 Å². The Kier molecular flexibility index (Phi) is 4.76. The zero-order valence-electron chi connectivity index (χ0n) is 10.7. The number of anilines is 1. The highest BCUT2D eigenvalue weighted by atomic mass is 79.9. The Morgan fingerprint density at radius 1 is 1.10 bits per heavy atom. The fourth-order valence-electron chi connectivity index (χ4n) is 1.90. The van der Waals surface area contributed by atoms with Crippen molar-refractivity contribution < 1.29 is 0 Å². The Labute approximate surface area is 126 Å². The average molecular weight is 326 g/mol. The molecular formula is C16H12BrN3. The van der Waals surface area contributed by atoms with Crippen LogP contribution in [0.4, 0.5) is 5.69 Å². The van der Waals surface area contributed by atoms with Gasteiger partial charge < -0.3 is 5.32 Å². The van der Waals surface area contributed by atoms with Crippen molar-refractivity contribution in [3.63, 3.8) is 0 Å². The molecule has 2 rings (SSSR count). The van der Waals surface area contributed by atoms with Crippen LogP contribution in [-0.2, 0) is 0 Å². The third kappa shape index (κ3) is 3.38. The predicted octanol–water partition coefficient (Wildman–Crippen LogP) is 4.04. The molecule has 0 radical (unpaired) electrons. The molecule has 0 fully saturated rings. The van der Waals surface area contributed by atoms with Gasteiger partial charge in [0, 0.05) is 11.0 Å². The maximum atomic E-state index is 9.27. The number of halogens is 1. The average Bonchev–Trinajstić information content (AvgIpc) is 2.50. The molecule has 2 aromatic carbocycles. The van der Waals surface area contributed by atoms with Gasteiger partial charge in [-0.15, -0.1) is 0 Å². The van der Waals surface area contributed by atoms with E-state index in [-0.39, 0.29) is 5.92 Å². The molecule has 0 bridgehead atoms. The molecule has 1 unspecified atom stereocenters. The molecular weight excluding hydrogens is 314 g/mol. The summed E-state index contributed by atoms with van der Waals surface area (Å²) < 4.78 is 0.861. The monoisotopic (exact) mass is 325 g/mol. The number of nitrogens with one attached hydrogen (secondary N) is 1. The minimum absolute atomic E-state index is 0.244. The molecule has 0 saturated heterocycles. The number of hydrogen-bond acceptors (Lipinski definition) is 3. The van der Waals surface area contributed by atoms with Gasteiger partial charge in [0.1, 0.15) is 6.07 Å². The van der Waals surface area contributed by atoms with Crippen LogP contribution in [0.1, 0.15) is 17.0 Å². The van der Waals surface area contributed by atoms with E-state index in [1.165, 1.54) is 0 Å². The summed E-state index contributed by atoms with van der Waals surface area (Å²) in [6.45, 7) is 0.469. The molecule has 0 aromatic heterocycles. The highest BCUT2D eigenvalue weighted by Crippen LogP contribution is 2.22. The Hall–Kier alpha value is -2.30. The van der Waals surface area contributed by atoms with Crippen LogP contribution in [0.3, 0.4) is 0 Å². The van der Waals surface area contributed by atoms with Crippen molar-refractivity contribution >= 4 is 21.6 Å². The summed E-state index contributed by atoms with van der Waals surface area (Å²) in [4.78, 5) is 0. The van der Waals surface area contributed by atoms with Crippen molar-refractivity contribution in [3.05, 3.63) is 64.1 Å². The lowest BCUT2D eigenvalue weighted by Gasteiger charge is -2.13. The van der Waals surface area contributed by atoms with Crippen molar-refractivity contribution in [1.82, 2.24) is 0 Å². The Balaban J connectivity index is 2.12. The molecule has 1 atom stereocenters. The van der Waals surface area contributed by atoms with Crippen LogP contribution in [0.5, 0.6) is 0 Å².